The van der Waals surface area contributed by atoms with Crippen molar-refractivity contribution in [2.45, 2.75) is 128 Å². The van der Waals surface area contributed by atoms with Gasteiger partial charge in [-0.05, 0) is 86.2 Å². The van der Waals surface area contributed by atoms with Crippen molar-refractivity contribution in [1.82, 2.24) is 0 Å². The standard InChI is InChI=1S/C32H49N/c1-2-3-5-10-29-18-22-31(23-19-29)32-24-20-30(21-25-32)13-8-7-12-28-16-14-27(15-17-28)11-6-4-9-26-33/h4,9,18-19,22-23,27-28,30,32H,2-3,5-8,10-17,20-21,24-25H2,1H3/b9-4+. The maximum Gasteiger partial charge on any atom is 0.0908 e. The lowest BCUT2D eigenvalue weighted by Crippen LogP contribution is -2.15. The van der Waals surface area contributed by atoms with Gasteiger partial charge in [0.05, 0.1) is 6.07 Å². The van der Waals surface area contributed by atoms with Gasteiger partial charge >= 0.3 is 0 Å². The summed E-state index contributed by atoms with van der Waals surface area (Å²) in [6.45, 7) is 2.28. The fourth-order valence-electron chi connectivity index (χ4n) is 6.46. The Kier molecular flexibility index (Phi) is 12.1. The SMILES string of the molecule is CCCCCc1ccc(C2CCC(CCCCC3CCC(CC/C=C/C#N)CC3)CC2)cc1. The number of nitriles is 1. The topological polar surface area (TPSA) is 23.8 Å². The van der Waals surface area contributed by atoms with Crippen LogP contribution in [0.15, 0.2) is 36.4 Å². The van der Waals surface area contributed by atoms with Crippen molar-refractivity contribution in [3.63, 3.8) is 0 Å². The van der Waals surface area contributed by atoms with Crippen LogP contribution in [0.4, 0.5) is 0 Å². The van der Waals surface area contributed by atoms with Crippen molar-refractivity contribution in [3.05, 3.63) is 47.5 Å². The third kappa shape index (κ3) is 9.68. The largest absolute Gasteiger partial charge is 0.193 e. The number of unbranched alkanes of at least 4 members (excludes halogenated alkanes) is 3. The predicted molar refractivity (Wildman–Crippen MR) is 142 cm³/mol. The molecule has 2 fully saturated rings. The quantitative estimate of drug-likeness (QED) is 0.218. The molecule has 0 atom stereocenters. The summed E-state index contributed by atoms with van der Waals surface area (Å²) in [5, 5.41) is 8.58. The Balaban J connectivity index is 1.23. The van der Waals surface area contributed by atoms with Crippen LogP contribution in [0.2, 0.25) is 0 Å². The zero-order valence-corrected chi connectivity index (χ0v) is 21.4. The molecule has 1 nitrogen and oxygen atoms in total. The molecule has 0 heterocycles. The minimum atomic E-state index is 0.816. The number of benzene rings is 1. The highest BCUT2D eigenvalue weighted by molar-refractivity contribution is 5.26. The first-order chi connectivity index (χ1) is 16.3. The van der Waals surface area contributed by atoms with Crippen LogP contribution in [-0.2, 0) is 6.42 Å². The Morgan fingerprint density at radius 2 is 1.33 bits per heavy atom. The summed E-state index contributed by atoms with van der Waals surface area (Å²) in [7, 11) is 0. The molecule has 0 amide bonds. The van der Waals surface area contributed by atoms with Crippen LogP contribution in [0.5, 0.6) is 0 Å². The second kappa shape index (κ2) is 15.4. The molecule has 0 bridgehead atoms. The van der Waals surface area contributed by atoms with Crippen molar-refractivity contribution in [1.29, 1.82) is 5.26 Å². The van der Waals surface area contributed by atoms with Crippen LogP contribution in [0, 0.1) is 29.1 Å². The highest BCUT2D eigenvalue weighted by atomic mass is 14.3. The predicted octanol–water partition coefficient (Wildman–Crippen LogP) is 9.92. The summed E-state index contributed by atoms with van der Waals surface area (Å²) in [5.41, 5.74) is 3.13. The van der Waals surface area contributed by atoms with E-state index in [4.69, 9.17) is 5.26 Å². The van der Waals surface area contributed by atoms with Crippen molar-refractivity contribution in [3.8, 4) is 6.07 Å². The van der Waals surface area contributed by atoms with E-state index in [1.807, 2.05) is 6.08 Å². The summed E-state index contributed by atoms with van der Waals surface area (Å²) in [5.74, 6) is 3.72. The molecule has 1 aromatic rings. The van der Waals surface area contributed by atoms with E-state index in [-0.39, 0.29) is 0 Å². The van der Waals surface area contributed by atoms with E-state index in [0.29, 0.717) is 0 Å². The Labute approximate surface area is 205 Å². The lowest BCUT2D eigenvalue weighted by atomic mass is 9.76. The molecule has 0 N–H and O–H groups in total. The van der Waals surface area contributed by atoms with Gasteiger partial charge in [0.15, 0.2) is 0 Å². The van der Waals surface area contributed by atoms with Crippen LogP contribution in [0.1, 0.15) is 133 Å². The van der Waals surface area contributed by atoms with Crippen LogP contribution in [-0.4, -0.2) is 0 Å². The first kappa shape index (κ1) is 26.1. The van der Waals surface area contributed by atoms with Gasteiger partial charge in [0.25, 0.3) is 0 Å². The Morgan fingerprint density at radius 1 is 0.758 bits per heavy atom. The van der Waals surface area contributed by atoms with Crippen molar-refractivity contribution >= 4 is 0 Å². The van der Waals surface area contributed by atoms with E-state index in [1.54, 1.807) is 11.6 Å². The van der Waals surface area contributed by atoms with Crippen molar-refractivity contribution in [2.24, 2.45) is 17.8 Å². The summed E-state index contributed by atoms with van der Waals surface area (Å²) >= 11 is 0. The molecule has 182 valence electrons. The molecular formula is C32H49N. The third-order valence-corrected chi connectivity index (χ3v) is 8.74. The molecule has 0 unspecified atom stereocenters. The normalized spacial score (nSPS) is 25.8. The Bertz CT molecular complexity index is 693. The van der Waals surface area contributed by atoms with Gasteiger partial charge in [-0.1, -0.05) is 101 Å². The summed E-state index contributed by atoms with van der Waals surface area (Å²) in [6.07, 6.45) is 28.7. The molecule has 0 spiro atoms. The summed E-state index contributed by atoms with van der Waals surface area (Å²) < 4.78 is 0. The van der Waals surface area contributed by atoms with E-state index < -0.39 is 0 Å². The summed E-state index contributed by atoms with van der Waals surface area (Å²) in [6, 6.07) is 11.8. The number of allylic oxidation sites excluding steroid dienone is 2. The molecule has 1 aromatic carbocycles. The number of hydrogen-bond acceptors (Lipinski definition) is 1. The Morgan fingerprint density at radius 3 is 1.91 bits per heavy atom. The monoisotopic (exact) mass is 447 g/mol. The highest BCUT2D eigenvalue weighted by Gasteiger charge is 2.23. The fraction of sp³-hybridized carbons (Fsp3) is 0.719. The van der Waals surface area contributed by atoms with Crippen molar-refractivity contribution in [2.75, 3.05) is 0 Å². The van der Waals surface area contributed by atoms with E-state index in [0.717, 1.165) is 30.1 Å². The molecule has 2 aliphatic rings. The molecule has 2 aliphatic carbocycles. The van der Waals surface area contributed by atoms with Crippen molar-refractivity contribution < 1.29 is 0 Å². The molecule has 0 aliphatic heterocycles. The van der Waals surface area contributed by atoms with Gasteiger partial charge in [-0.25, -0.2) is 0 Å². The van der Waals surface area contributed by atoms with Crippen LogP contribution in [0.3, 0.4) is 0 Å². The minimum Gasteiger partial charge on any atom is -0.193 e. The molecule has 2 saturated carbocycles. The number of aryl methyl sites for hydroxylation is 1. The molecule has 0 radical (unpaired) electrons. The average molecular weight is 448 g/mol. The maximum atomic E-state index is 8.58. The van der Waals surface area contributed by atoms with Crippen LogP contribution in [0.25, 0.3) is 0 Å². The summed E-state index contributed by atoms with van der Waals surface area (Å²) in [4.78, 5) is 0. The molecule has 0 aromatic heterocycles. The van der Waals surface area contributed by atoms with E-state index in [9.17, 15) is 0 Å². The van der Waals surface area contributed by atoms with Gasteiger partial charge in [0, 0.05) is 6.08 Å². The first-order valence-corrected chi connectivity index (χ1v) is 14.4. The zero-order valence-electron chi connectivity index (χ0n) is 21.4. The van der Waals surface area contributed by atoms with E-state index in [2.05, 4.69) is 37.3 Å². The molecule has 0 saturated heterocycles. The maximum absolute atomic E-state index is 8.58. The zero-order chi connectivity index (χ0) is 23.1. The number of hydrogen-bond donors (Lipinski definition) is 0. The van der Waals surface area contributed by atoms with Crippen LogP contribution >= 0.6 is 0 Å². The van der Waals surface area contributed by atoms with E-state index in [1.165, 1.54) is 115 Å². The fourth-order valence-corrected chi connectivity index (χ4v) is 6.46. The molecular weight excluding hydrogens is 398 g/mol. The van der Waals surface area contributed by atoms with Gasteiger partial charge in [0.2, 0.25) is 0 Å². The smallest absolute Gasteiger partial charge is 0.0908 e. The van der Waals surface area contributed by atoms with Gasteiger partial charge in [0.1, 0.15) is 0 Å². The van der Waals surface area contributed by atoms with Gasteiger partial charge in [-0.2, -0.15) is 5.26 Å². The van der Waals surface area contributed by atoms with E-state index >= 15 is 0 Å². The second-order valence-corrected chi connectivity index (χ2v) is 11.2. The second-order valence-electron chi connectivity index (χ2n) is 11.2. The Hall–Kier alpha value is -1.55. The number of nitrogens with zero attached hydrogens (tertiary/aromatic N) is 1. The highest BCUT2D eigenvalue weighted by Crippen LogP contribution is 2.39. The number of rotatable bonds is 13. The lowest BCUT2D eigenvalue weighted by molar-refractivity contribution is 0.244. The minimum absolute atomic E-state index is 0.816. The van der Waals surface area contributed by atoms with Gasteiger partial charge in [-0.15, -0.1) is 0 Å². The lowest BCUT2D eigenvalue weighted by Gasteiger charge is -2.30. The molecule has 33 heavy (non-hydrogen) atoms. The van der Waals surface area contributed by atoms with Gasteiger partial charge < -0.3 is 0 Å². The average Bonchev–Trinajstić information content (AvgIpc) is 2.86. The third-order valence-electron chi connectivity index (χ3n) is 8.74. The van der Waals surface area contributed by atoms with Gasteiger partial charge in [-0.3, -0.25) is 0 Å². The molecule has 3 rings (SSSR count). The molecule has 1 heteroatoms. The van der Waals surface area contributed by atoms with Crippen LogP contribution < -0.4 is 0 Å². The first-order valence-electron chi connectivity index (χ1n) is 14.4.